The molecule has 0 saturated carbocycles. The van der Waals surface area contributed by atoms with Gasteiger partial charge in [0.25, 0.3) is 5.56 Å². The van der Waals surface area contributed by atoms with Crippen molar-refractivity contribution in [1.29, 1.82) is 0 Å². The Kier molecular flexibility index (Phi) is 3.98. The van der Waals surface area contributed by atoms with Crippen LogP contribution in [0.2, 0.25) is 0 Å². The average Bonchev–Trinajstić information content (AvgIpc) is 3.16. The van der Waals surface area contributed by atoms with E-state index in [0.717, 1.165) is 55.1 Å². The van der Waals surface area contributed by atoms with Crippen LogP contribution in [0.1, 0.15) is 22.4 Å². The van der Waals surface area contributed by atoms with Crippen LogP contribution in [0.15, 0.2) is 47.5 Å². The van der Waals surface area contributed by atoms with Gasteiger partial charge in [-0.25, -0.2) is 4.98 Å². The lowest BCUT2D eigenvalue weighted by Gasteiger charge is -2.27. The molecule has 0 fully saturated rings. The van der Waals surface area contributed by atoms with Crippen LogP contribution in [-0.2, 0) is 25.9 Å². The number of fused-ring (bicyclic) bond motifs is 2. The van der Waals surface area contributed by atoms with Gasteiger partial charge in [-0.3, -0.25) is 14.7 Å². The van der Waals surface area contributed by atoms with Crippen LogP contribution in [0.3, 0.4) is 0 Å². The summed E-state index contributed by atoms with van der Waals surface area (Å²) in [5, 5.41) is 0. The molecular weight excluding hydrogens is 340 g/mol. The summed E-state index contributed by atoms with van der Waals surface area (Å²) in [5.41, 5.74) is 5.04. The number of aromatic amines is 1. The Morgan fingerprint density at radius 1 is 1.22 bits per heavy atom. The zero-order valence-corrected chi connectivity index (χ0v) is 14.9. The van der Waals surface area contributed by atoms with Crippen LogP contribution in [0.4, 0.5) is 0 Å². The molecule has 1 aromatic carbocycles. The van der Waals surface area contributed by atoms with Crippen molar-refractivity contribution in [1.82, 2.24) is 19.9 Å². The summed E-state index contributed by atoms with van der Waals surface area (Å²) in [6, 6.07) is 10.2. The standard InChI is InChI=1S/C21H20N4O2/c26-21-17-5-8-25(12-14-3-4-19-15(10-14)6-9-27-19)13-18(17)23-20(24-21)16-2-1-7-22-11-16/h1-4,7,10-11H,5-6,8-9,12-13H2,(H,23,24,26). The van der Waals surface area contributed by atoms with E-state index in [-0.39, 0.29) is 5.56 Å². The summed E-state index contributed by atoms with van der Waals surface area (Å²) >= 11 is 0. The number of hydrogen-bond donors (Lipinski definition) is 1. The van der Waals surface area contributed by atoms with E-state index in [0.29, 0.717) is 12.4 Å². The molecular formula is C21H20N4O2. The van der Waals surface area contributed by atoms with Crippen LogP contribution in [0, 0.1) is 0 Å². The SMILES string of the molecule is O=c1[nH]c(-c2cccnc2)nc2c1CCN(Cc1ccc3c(c1)CCO3)C2. The van der Waals surface area contributed by atoms with Crippen molar-refractivity contribution in [2.75, 3.05) is 13.2 Å². The van der Waals surface area contributed by atoms with E-state index in [1.807, 2.05) is 12.1 Å². The van der Waals surface area contributed by atoms with E-state index in [9.17, 15) is 4.79 Å². The van der Waals surface area contributed by atoms with Gasteiger partial charge in [0.1, 0.15) is 11.6 Å². The molecule has 0 bridgehead atoms. The Morgan fingerprint density at radius 3 is 3.07 bits per heavy atom. The average molecular weight is 360 g/mol. The highest BCUT2D eigenvalue weighted by Crippen LogP contribution is 2.27. The Morgan fingerprint density at radius 2 is 2.19 bits per heavy atom. The third kappa shape index (κ3) is 3.13. The number of pyridine rings is 1. The molecule has 2 aliphatic rings. The van der Waals surface area contributed by atoms with Crippen molar-refractivity contribution in [3.8, 4) is 17.1 Å². The molecule has 6 nitrogen and oxygen atoms in total. The van der Waals surface area contributed by atoms with Crippen LogP contribution >= 0.6 is 0 Å². The van der Waals surface area contributed by atoms with Crippen molar-refractivity contribution in [3.63, 3.8) is 0 Å². The fraction of sp³-hybridized carbons (Fsp3) is 0.286. The third-order valence-corrected chi connectivity index (χ3v) is 5.25. The first-order valence-electron chi connectivity index (χ1n) is 9.26. The van der Waals surface area contributed by atoms with E-state index < -0.39 is 0 Å². The lowest BCUT2D eigenvalue weighted by atomic mass is 10.0. The van der Waals surface area contributed by atoms with E-state index in [1.54, 1.807) is 12.4 Å². The summed E-state index contributed by atoms with van der Waals surface area (Å²) in [7, 11) is 0. The van der Waals surface area contributed by atoms with Crippen molar-refractivity contribution in [3.05, 3.63) is 75.5 Å². The highest BCUT2D eigenvalue weighted by atomic mass is 16.5. The van der Waals surface area contributed by atoms with Crippen molar-refractivity contribution < 1.29 is 4.74 Å². The van der Waals surface area contributed by atoms with Crippen LogP contribution in [-0.4, -0.2) is 33.0 Å². The Balaban J connectivity index is 1.40. The maximum absolute atomic E-state index is 12.5. The molecule has 0 saturated heterocycles. The molecule has 27 heavy (non-hydrogen) atoms. The number of nitrogens with one attached hydrogen (secondary N) is 1. The van der Waals surface area contributed by atoms with Gasteiger partial charge in [0.15, 0.2) is 0 Å². The quantitative estimate of drug-likeness (QED) is 0.776. The Hall–Kier alpha value is -2.99. The molecule has 0 unspecified atom stereocenters. The molecule has 0 aliphatic carbocycles. The highest BCUT2D eigenvalue weighted by Gasteiger charge is 2.22. The molecule has 6 heteroatoms. The minimum absolute atomic E-state index is 0.0341. The summed E-state index contributed by atoms with van der Waals surface area (Å²) in [6.07, 6.45) is 5.14. The number of H-pyrrole nitrogens is 1. The zero-order valence-electron chi connectivity index (χ0n) is 14.9. The van der Waals surface area contributed by atoms with Gasteiger partial charge in [-0.15, -0.1) is 0 Å². The first-order valence-corrected chi connectivity index (χ1v) is 9.26. The van der Waals surface area contributed by atoms with Gasteiger partial charge in [0.2, 0.25) is 0 Å². The summed E-state index contributed by atoms with van der Waals surface area (Å²) in [6.45, 7) is 3.17. The monoisotopic (exact) mass is 360 g/mol. The number of nitrogens with zero attached hydrogens (tertiary/aromatic N) is 3. The molecule has 4 heterocycles. The molecule has 136 valence electrons. The first kappa shape index (κ1) is 16.2. The predicted molar refractivity (Wildman–Crippen MR) is 102 cm³/mol. The van der Waals surface area contributed by atoms with Gasteiger partial charge >= 0.3 is 0 Å². The van der Waals surface area contributed by atoms with Crippen LogP contribution in [0.5, 0.6) is 5.75 Å². The molecule has 0 radical (unpaired) electrons. The number of hydrogen-bond acceptors (Lipinski definition) is 5. The van der Waals surface area contributed by atoms with E-state index in [2.05, 4.69) is 33.1 Å². The largest absolute Gasteiger partial charge is 0.493 e. The van der Waals surface area contributed by atoms with E-state index >= 15 is 0 Å². The second-order valence-electron chi connectivity index (χ2n) is 7.08. The molecule has 3 aromatic rings. The van der Waals surface area contributed by atoms with Gasteiger partial charge in [-0.2, -0.15) is 0 Å². The van der Waals surface area contributed by atoms with Crippen LogP contribution < -0.4 is 10.3 Å². The lowest BCUT2D eigenvalue weighted by molar-refractivity contribution is 0.240. The summed E-state index contributed by atoms with van der Waals surface area (Å²) in [5.74, 6) is 1.60. The molecule has 0 spiro atoms. The number of aromatic nitrogens is 3. The van der Waals surface area contributed by atoms with Crippen molar-refractivity contribution in [2.24, 2.45) is 0 Å². The molecule has 0 atom stereocenters. The fourth-order valence-corrected chi connectivity index (χ4v) is 3.86. The summed E-state index contributed by atoms with van der Waals surface area (Å²) < 4.78 is 5.59. The Bertz CT molecular complexity index is 1050. The molecule has 5 rings (SSSR count). The normalized spacial score (nSPS) is 15.9. The number of rotatable bonds is 3. The second-order valence-corrected chi connectivity index (χ2v) is 7.08. The predicted octanol–water partition coefficient (Wildman–Crippen LogP) is 2.33. The number of benzene rings is 1. The molecule has 2 aliphatic heterocycles. The smallest absolute Gasteiger partial charge is 0.254 e. The zero-order chi connectivity index (χ0) is 18.2. The molecule has 2 aromatic heterocycles. The second kappa shape index (κ2) is 6.63. The van der Waals surface area contributed by atoms with Crippen LogP contribution in [0.25, 0.3) is 11.4 Å². The maximum atomic E-state index is 12.5. The third-order valence-electron chi connectivity index (χ3n) is 5.25. The van der Waals surface area contributed by atoms with E-state index in [4.69, 9.17) is 9.72 Å². The summed E-state index contributed by atoms with van der Waals surface area (Å²) in [4.78, 5) is 26.6. The maximum Gasteiger partial charge on any atom is 0.254 e. The highest BCUT2D eigenvalue weighted by molar-refractivity contribution is 5.53. The minimum atomic E-state index is -0.0341. The van der Waals surface area contributed by atoms with E-state index in [1.165, 1.54) is 11.1 Å². The van der Waals surface area contributed by atoms with Gasteiger partial charge in [0, 0.05) is 49.6 Å². The number of ether oxygens (including phenoxy) is 1. The molecule has 1 N–H and O–H groups in total. The Labute approximate surface area is 156 Å². The lowest BCUT2D eigenvalue weighted by Crippen LogP contribution is -2.35. The van der Waals surface area contributed by atoms with Crippen molar-refractivity contribution in [2.45, 2.75) is 25.9 Å². The topological polar surface area (TPSA) is 71.1 Å². The van der Waals surface area contributed by atoms with Gasteiger partial charge in [-0.05, 0) is 35.7 Å². The van der Waals surface area contributed by atoms with Gasteiger partial charge < -0.3 is 9.72 Å². The molecule has 0 amide bonds. The fourth-order valence-electron chi connectivity index (χ4n) is 3.86. The van der Waals surface area contributed by atoms with Gasteiger partial charge in [0.05, 0.1) is 12.3 Å². The minimum Gasteiger partial charge on any atom is -0.493 e. The van der Waals surface area contributed by atoms with Gasteiger partial charge in [-0.1, -0.05) is 12.1 Å². The van der Waals surface area contributed by atoms with Crippen molar-refractivity contribution >= 4 is 0 Å². The first-order chi connectivity index (χ1) is 13.3.